The molecule has 0 radical (unpaired) electrons. The zero-order chi connectivity index (χ0) is 10.1. The third-order valence-electron chi connectivity index (χ3n) is 2.48. The van der Waals surface area contributed by atoms with Gasteiger partial charge in [-0.3, -0.25) is 0 Å². The van der Waals surface area contributed by atoms with E-state index < -0.39 is 11.6 Å². The van der Waals surface area contributed by atoms with E-state index in [0.29, 0.717) is 11.3 Å². The summed E-state index contributed by atoms with van der Waals surface area (Å²) in [4.78, 5) is 0. The Labute approximate surface area is 81.2 Å². The van der Waals surface area contributed by atoms with E-state index in [1.165, 1.54) is 6.07 Å². The van der Waals surface area contributed by atoms with Crippen molar-refractivity contribution in [1.29, 1.82) is 0 Å². The molecule has 2 N–H and O–H groups in total. The number of hydrogen-bond acceptors (Lipinski definition) is 1. The smallest absolute Gasteiger partial charge is 0.160 e. The van der Waals surface area contributed by atoms with E-state index in [0.717, 1.165) is 30.9 Å². The highest BCUT2D eigenvalue weighted by molar-refractivity contribution is 5.76. The van der Waals surface area contributed by atoms with Crippen LogP contribution in [0, 0.1) is 11.6 Å². The van der Waals surface area contributed by atoms with Gasteiger partial charge in [-0.1, -0.05) is 6.08 Å². The summed E-state index contributed by atoms with van der Waals surface area (Å²) in [7, 11) is 0. The molecule has 0 saturated heterocycles. The average molecular weight is 195 g/mol. The molecule has 3 heteroatoms. The molecular weight excluding hydrogens is 184 g/mol. The highest BCUT2D eigenvalue weighted by Gasteiger charge is 2.13. The van der Waals surface area contributed by atoms with Gasteiger partial charge in [0.1, 0.15) is 0 Å². The SMILES string of the molecule is Nc1cc(F)c(F)cc1C1=CCCC1. The monoisotopic (exact) mass is 195 g/mol. The fourth-order valence-electron chi connectivity index (χ4n) is 1.76. The van der Waals surface area contributed by atoms with Crippen molar-refractivity contribution in [3.63, 3.8) is 0 Å². The summed E-state index contributed by atoms with van der Waals surface area (Å²) in [5.74, 6) is -1.72. The molecule has 0 unspecified atom stereocenters. The second-order valence-electron chi connectivity index (χ2n) is 3.48. The zero-order valence-electron chi connectivity index (χ0n) is 7.69. The van der Waals surface area contributed by atoms with E-state index >= 15 is 0 Å². The first-order valence-corrected chi connectivity index (χ1v) is 4.62. The van der Waals surface area contributed by atoms with E-state index in [1.54, 1.807) is 0 Å². The molecule has 0 aliphatic heterocycles. The second kappa shape index (κ2) is 3.40. The van der Waals surface area contributed by atoms with Crippen molar-refractivity contribution in [2.45, 2.75) is 19.3 Å². The fraction of sp³-hybridized carbons (Fsp3) is 0.273. The van der Waals surface area contributed by atoms with Crippen LogP contribution in [0.5, 0.6) is 0 Å². The number of halogens is 2. The average Bonchev–Trinajstić information content (AvgIpc) is 2.64. The Morgan fingerprint density at radius 2 is 1.86 bits per heavy atom. The molecule has 14 heavy (non-hydrogen) atoms. The summed E-state index contributed by atoms with van der Waals surface area (Å²) < 4.78 is 25.7. The number of anilines is 1. The van der Waals surface area contributed by atoms with Gasteiger partial charge in [0.15, 0.2) is 11.6 Å². The maximum absolute atomic E-state index is 13.0. The lowest BCUT2D eigenvalue weighted by atomic mass is 10.0. The van der Waals surface area contributed by atoms with Crippen LogP contribution in [0.1, 0.15) is 24.8 Å². The number of rotatable bonds is 1. The molecule has 2 rings (SSSR count). The lowest BCUT2D eigenvalue weighted by molar-refractivity contribution is 0.509. The van der Waals surface area contributed by atoms with Gasteiger partial charge in [0.25, 0.3) is 0 Å². The van der Waals surface area contributed by atoms with Crippen LogP contribution in [0.2, 0.25) is 0 Å². The van der Waals surface area contributed by atoms with Crippen molar-refractivity contribution in [2.75, 3.05) is 5.73 Å². The highest BCUT2D eigenvalue weighted by atomic mass is 19.2. The molecule has 0 spiro atoms. The van der Waals surface area contributed by atoms with Crippen molar-refractivity contribution in [3.05, 3.63) is 35.4 Å². The van der Waals surface area contributed by atoms with Gasteiger partial charge in [-0.05, 0) is 30.9 Å². The van der Waals surface area contributed by atoms with Crippen LogP contribution < -0.4 is 5.73 Å². The van der Waals surface area contributed by atoms with Crippen molar-refractivity contribution in [3.8, 4) is 0 Å². The predicted molar refractivity (Wildman–Crippen MR) is 52.6 cm³/mol. The Bertz CT molecular complexity index is 397. The highest BCUT2D eigenvalue weighted by Crippen LogP contribution is 2.32. The summed E-state index contributed by atoms with van der Waals surface area (Å²) in [6.07, 6.45) is 4.99. The van der Waals surface area contributed by atoms with Gasteiger partial charge in [-0.15, -0.1) is 0 Å². The third-order valence-corrected chi connectivity index (χ3v) is 2.48. The van der Waals surface area contributed by atoms with Crippen molar-refractivity contribution in [1.82, 2.24) is 0 Å². The van der Waals surface area contributed by atoms with Gasteiger partial charge in [0.2, 0.25) is 0 Å². The number of nitrogen functional groups attached to an aromatic ring is 1. The first-order valence-electron chi connectivity index (χ1n) is 4.62. The van der Waals surface area contributed by atoms with E-state index in [-0.39, 0.29) is 0 Å². The number of benzene rings is 1. The molecule has 1 aliphatic rings. The van der Waals surface area contributed by atoms with Crippen LogP contribution in [0.4, 0.5) is 14.5 Å². The van der Waals surface area contributed by atoms with Gasteiger partial charge in [0, 0.05) is 17.3 Å². The Kier molecular flexibility index (Phi) is 2.23. The molecule has 74 valence electrons. The molecule has 1 nitrogen and oxygen atoms in total. The lowest BCUT2D eigenvalue weighted by Crippen LogP contribution is -1.96. The van der Waals surface area contributed by atoms with E-state index in [1.807, 2.05) is 6.08 Å². The summed E-state index contributed by atoms with van der Waals surface area (Å²) in [6.45, 7) is 0. The lowest BCUT2D eigenvalue weighted by Gasteiger charge is -2.07. The van der Waals surface area contributed by atoms with Gasteiger partial charge in [-0.25, -0.2) is 8.78 Å². The van der Waals surface area contributed by atoms with Crippen LogP contribution in [-0.2, 0) is 0 Å². The van der Waals surface area contributed by atoms with Crippen LogP contribution in [-0.4, -0.2) is 0 Å². The molecule has 0 heterocycles. The topological polar surface area (TPSA) is 26.0 Å². The summed E-state index contributed by atoms with van der Waals surface area (Å²) in [5, 5.41) is 0. The molecule has 0 atom stereocenters. The number of hydrogen-bond donors (Lipinski definition) is 1. The minimum Gasteiger partial charge on any atom is -0.398 e. The van der Waals surface area contributed by atoms with Crippen LogP contribution in [0.15, 0.2) is 18.2 Å². The minimum atomic E-state index is -0.884. The van der Waals surface area contributed by atoms with E-state index in [2.05, 4.69) is 0 Å². The standard InChI is InChI=1S/C11H11F2N/c12-9-5-8(7-3-1-2-4-7)11(14)6-10(9)13/h3,5-6H,1-2,4,14H2. The molecule has 0 bridgehead atoms. The van der Waals surface area contributed by atoms with Gasteiger partial charge < -0.3 is 5.73 Å². The Morgan fingerprint density at radius 3 is 2.50 bits per heavy atom. The maximum Gasteiger partial charge on any atom is 0.160 e. The first-order chi connectivity index (χ1) is 6.68. The third kappa shape index (κ3) is 1.50. The molecule has 0 saturated carbocycles. The van der Waals surface area contributed by atoms with Crippen molar-refractivity contribution >= 4 is 11.3 Å². The van der Waals surface area contributed by atoms with Gasteiger partial charge >= 0.3 is 0 Å². The first kappa shape index (κ1) is 9.19. The van der Waals surface area contributed by atoms with E-state index in [9.17, 15) is 8.78 Å². The fourth-order valence-corrected chi connectivity index (χ4v) is 1.76. The number of nitrogens with two attached hydrogens (primary N) is 1. The summed E-state index contributed by atoms with van der Waals surface area (Å²) >= 11 is 0. The molecule has 1 aliphatic carbocycles. The Hall–Kier alpha value is -1.38. The van der Waals surface area contributed by atoms with Crippen LogP contribution >= 0.6 is 0 Å². The molecule has 0 amide bonds. The minimum absolute atomic E-state index is 0.317. The Morgan fingerprint density at radius 1 is 1.14 bits per heavy atom. The van der Waals surface area contributed by atoms with Crippen LogP contribution in [0.3, 0.4) is 0 Å². The van der Waals surface area contributed by atoms with E-state index in [4.69, 9.17) is 5.73 Å². The number of allylic oxidation sites excluding steroid dienone is 2. The quantitative estimate of drug-likeness (QED) is 0.684. The molecular formula is C11H11F2N. The summed E-state index contributed by atoms with van der Waals surface area (Å²) in [5.41, 5.74) is 7.61. The van der Waals surface area contributed by atoms with Gasteiger partial charge in [-0.2, -0.15) is 0 Å². The van der Waals surface area contributed by atoms with Crippen LogP contribution in [0.25, 0.3) is 5.57 Å². The Balaban J connectivity index is 2.47. The predicted octanol–water partition coefficient (Wildman–Crippen LogP) is 3.11. The van der Waals surface area contributed by atoms with Gasteiger partial charge in [0.05, 0.1) is 0 Å². The van der Waals surface area contributed by atoms with Crippen molar-refractivity contribution < 1.29 is 8.78 Å². The largest absolute Gasteiger partial charge is 0.398 e. The normalized spacial score (nSPS) is 15.7. The molecule has 1 aromatic rings. The summed E-state index contributed by atoms with van der Waals surface area (Å²) in [6, 6.07) is 2.23. The second-order valence-corrected chi connectivity index (χ2v) is 3.48. The zero-order valence-corrected chi connectivity index (χ0v) is 7.69. The molecule has 0 fully saturated rings. The van der Waals surface area contributed by atoms with Crippen molar-refractivity contribution in [2.24, 2.45) is 0 Å². The molecule has 0 aromatic heterocycles. The maximum atomic E-state index is 13.0. The molecule has 1 aromatic carbocycles.